The molecule has 10 heteroatoms. The molecule has 4 N–H and O–H groups in total. The van der Waals surface area contributed by atoms with E-state index in [2.05, 4.69) is 25.7 Å². The number of aromatic amines is 1. The third-order valence-electron chi connectivity index (χ3n) is 3.88. The number of primary amides is 1. The number of carbonyl (C=O) groups is 2. The number of anilines is 1. The molecule has 2 amide bonds. The number of hydrogen-bond acceptors (Lipinski definition) is 7. The molecule has 3 rings (SSSR count). The van der Waals surface area contributed by atoms with Crippen LogP contribution in [0.4, 0.5) is 5.69 Å². The molecule has 10 nitrogen and oxygen atoms in total. The fraction of sp³-hybridized carbons (Fsp3) is 0.278. The SMILES string of the molecule is Cc1nc(COc2cccc(C(=O)Nc3c(C(N)=O)n[nH]c3C(C)C)c2)no1. The Morgan fingerprint density at radius 3 is 2.79 bits per heavy atom. The Kier molecular flexibility index (Phi) is 5.39. The zero-order valence-corrected chi connectivity index (χ0v) is 15.6. The number of hydrogen-bond donors (Lipinski definition) is 3. The minimum atomic E-state index is -0.731. The second-order valence-corrected chi connectivity index (χ2v) is 6.38. The van der Waals surface area contributed by atoms with E-state index in [1.54, 1.807) is 31.2 Å². The number of ether oxygens (including phenoxy) is 1. The molecule has 2 aromatic heterocycles. The molecule has 0 atom stereocenters. The quantitative estimate of drug-likeness (QED) is 0.565. The van der Waals surface area contributed by atoms with E-state index in [0.717, 1.165) is 0 Å². The Bertz CT molecular complexity index is 1010. The highest BCUT2D eigenvalue weighted by molar-refractivity contribution is 6.08. The van der Waals surface area contributed by atoms with Gasteiger partial charge in [-0.15, -0.1) is 0 Å². The van der Waals surface area contributed by atoms with Gasteiger partial charge in [0.2, 0.25) is 11.7 Å². The molecule has 1 aromatic carbocycles. The predicted octanol–water partition coefficient (Wildman–Crippen LogP) is 2.15. The van der Waals surface area contributed by atoms with E-state index < -0.39 is 11.8 Å². The number of nitrogens with zero attached hydrogens (tertiary/aromatic N) is 3. The summed E-state index contributed by atoms with van der Waals surface area (Å²) in [6.45, 7) is 5.60. The number of H-pyrrole nitrogens is 1. The van der Waals surface area contributed by atoms with Crippen molar-refractivity contribution in [1.82, 2.24) is 20.3 Å². The first kappa shape index (κ1) is 19.1. The van der Waals surface area contributed by atoms with Crippen molar-refractivity contribution in [3.63, 3.8) is 0 Å². The summed E-state index contributed by atoms with van der Waals surface area (Å²) in [6.07, 6.45) is 0. The van der Waals surface area contributed by atoms with Gasteiger partial charge in [-0.2, -0.15) is 10.1 Å². The summed E-state index contributed by atoms with van der Waals surface area (Å²) in [5.74, 6) is 0.152. The molecule has 0 saturated carbocycles. The fourth-order valence-electron chi connectivity index (χ4n) is 2.54. The average molecular weight is 384 g/mol. The zero-order chi connectivity index (χ0) is 20.3. The summed E-state index contributed by atoms with van der Waals surface area (Å²) < 4.78 is 10.5. The lowest BCUT2D eigenvalue weighted by Gasteiger charge is -2.10. The lowest BCUT2D eigenvalue weighted by molar-refractivity contribution is 0.0996. The van der Waals surface area contributed by atoms with Gasteiger partial charge in [-0.3, -0.25) is 14.7 Å². The largest absolute Gasteiger partial charge is 0.485 e. The van der Waals surface area contributed by atoms with Crippen molar-refractivity contribution in [2.45, 2.75) is 33.3 Å². The Morgan fingerprint density at radius 1 is 1.36 bits per heavy atom. The summed E-state index contributed by atoms with van der Waals surface area (Å²) in [6, 6.07) is 6.58. The Balaban J connectivity index is 1.76. The van der Waals surface area contributed by atoms with E-state index in [9.17, 15) is 9.59 Å². The van der Waals surface area contributed by atoms with Crippen LogP contribution in [0.5, 0.6) is 5.75 Å². The van der Waals surface area contributed by atoms with Gasteiger partial charge < -0.3 is 20.3 Å². The van der Waals surface area contributed by atoms with Crippen LogP contribution in [0, 0.1) is 6.92 Å². The highest BCUT2D eigenvalue weighted by Gasteiger charge is 2.22. The molecular formula is C18H20N6O4. The van der Waals surface area contributed by atoms with Crippen LogP contribution in [-0.2, 0) is 6.61 Å². The van der Waals surface area contributed by atoms with E-state index in [0.29, 0.717) is 28.7 Å². The number of amides is 2. The van der Waals surface area contributed by atoms with Crippen molar-refractivity contribution in [2.75, 3.05) is 5.32 Å². The van der Waals surface area contributed by atoms with Gasteiger partial charge in [-0.1, -0.05) is 25.1 Å². The van der Waals surface area contributed by atoms with Crippen molar-refractivity contribution in [2.24, 2.45) is 5.73 Å². The summed E-state index contributed by atoms with van der Waals surface area (Å²) in [7, 11) is 0. The van der Waals surface area contributed by atoms with Crippen molar-refractivity contribution in [3.8, 4) is 5.75 Å². The molecule has 0 bridgehead atoms. The third kappa shape index (κ3) is 4.17. The smallest absolute Gasteiger partial charge is 0.271 e. The molecule has 0 radical (unpaired) electrons. The molecule has 146 valence electrons. The van der Waals surface area contributed by atoms with Crippen LogP contribution in [0.2, 0.25) is 0 Å². The Labute approximate surface area is 160 Å². The minimum Gasteiger partial charge on any atom is -0.485 e. The van der Waals surface area contributed by atoms with Gasteiger partial charge in [-0.05, 0) is 24.1 Å². The predicted molar refractivity (Wildman–Crippen MR) is 99.0 cm³/mol. The number of aromatic nitrogens is 4. The summed E-state index contributed by atoms with van der Waals surface area (Å²) in [5, 5.41) is 13.1. The van der Waals surface area contributed by atoms with Crippen molar-refractivity contribution in [3.05, 3.63) is 52.9 Å². The number of aryl methyl sites for hydroxylation is 1. The van der Waals surface area contributed by atoms with Crippen LogP contribution in [0.1, 0.15) is 58.0 Å². The molecule has 28 heavy (non-hydrogen) atoms. The monoisotopic (exact) mass is 384 g/mol. The molecule has 0 spiro atoms. The van der Waals surface area contributed by atoms with Crippen LogP contribution >= 0.6 is 0 Å². The first-order chi connectivity index (χ1) is 13.3. The molecule has 0 aliphatic rings. The van der Waals surface area contributed by atoms with E-state index >= 15 is 0 Å². The van der Waals surface area contributed by atoms with E-state index in [1.807, 2.05) is 13.8 Å². The number of nitrogens with two attached hydrogens (primary N) is 1. The lowest BCUT2D eigenvalue weighted by Crippen LogP contribution is -2.18. The molecule has 0 fully saturated rings. The van der Waals surface area contributed by atoms with Crippen molar-refractivity contribution < 1.29 is 18.8 Å². The van der Waals surface area contributed by atoms with E-state index in [-0.39, 0.29) is 23.9 Å². The Morgan fingerprint density at radius 2 is 2.14 bits per heavy atom. The van der Waals surface area contributed by atoms with Crippen molar-refractivity contribution in [1.29, 1.82) is 0 Å². The van der Waals surface area contributed by atoms with E-state index in [1.165, 1.54) is 0 Å². The summed E-state index contributed by atoms with van der Waals surface area (Å²) in [4.78, 5) is 28.3. The lowest BCUT2D eigenvalue weighted by atomic mass is 10.1. The molecule has 2 heterocycles. The minimum absolute atomic E-state index is 0.00369. The highest BCUT2D eigenvalue weighted by Crippen LogP contribution is 2.26. The van der Waals surface area contributed by atoms with Crippen molar-refractivity contribution >= 4 is 17.5 Å². The van der Waals surface area contributed by atoms with Crippen LogP contribution in [0.15, 0.2) is 28.8 Å². The van der Waals surface area contributed by atoms with Gasteiger partial charge in [-0.25, -0.2) is 0 Å². The fourth-order valence-corrected chi connectivity index (χ4v) is 2.54. The number of carbonyl (C=O) groups excluding carboxylic acids is 2. The molecule has 0 aliphatic carbocycles. The number of rotatable bonds is 7. The summed E-state index contributed by atoms with van der Waals surface area (Å²) >= 11 is 0. The molecule has 3 aromatic rings. The molecule has 0 unspecified atom stereocenters. The van der Waals surface area contributed by atoms with E-state index in [4.69, 9.17) is 15.0 Å². The molecular weight excluding hydrogens is 364 g/mol. The van der Waals surface area contributed by atoms with Crippen LogP contribution in [-0.4, -0.2) is 32.2 Å². The van der Waals surface area contributed by atoms with Gasteiger partial charge in [0.15, 0.2) is 12.3 Å². The Hall–Kier alpha value is -3.69. The summed E-state index contributed by atoms with van der Waals surface area (Å²) in [5.41, 5.74) is 6.57. The zero-order valence-electron chi connectivity index (χ0n) is 15.6. The average Bonchev–Trinajstić information content (AvgIpc) is 3.26. The standard InChI is InChI=1S/C18H20N6O4/c1-9(2)14-15(16(17(19)25)23-22-14)21-18(26)11-5-4-6-12(7-11)27-8-13-20-10(3)28-24-13/h4-7,9H,8H2,1-3H3,(H2,19,25)(H,21,26)(H,22,23). The van der Waals surface area contributed by atoms with Crippen LogP contribution < -0.4 is 15.8 Å². The third-order valence-corrected chi connectivity index (χ3v) is 3.88. The second-order valence-electron chi connectivity index (χ2n) is 6.38. The molecule has 0 aliphatic heterocycles. The number of benzene rings is 1. The first-order valence-electron chi connectivity index (χ1n) is 8.56. The van der Waals surface area contributed by atoms with Gasteiger partial charge >= 0.3 is 0 Å². The maximum absolute atomic E-state index is 12.7. The normalized spacial score (nSPS) is 10.9. The molecule has 0 saturated heterocycles. The first-order valence-corrected chi connectivity index (χ1v) is 8.56. The van der Waals surface area contributed by atoms with Crippen LogP contribution in [0.25, 0.3) is 0 Å². The van der Waals surface area contributed by atoms with Gasteiger partial charge in [0.05, 0.1) is 11.4 Å². The maximum atomic E-state index is 12.7. The number of nitrogens with one attached hydrogen (secondary N) is 2. The van der Waals surface area contributed by atoms with Gasteiger partial charge in [0, 0.05) is 12.5 Å². The topological polar surface area (TPSA) is 149 Å². The highest BCUT2D eigenvalue weighted by atomic mass is 16.5. The maximum Gasteiger partial charge on any atom is 0.271 e. The van der Waals surface area contributed by atoms with Crippen LogP contribution in [0.3, 0.4) is 0 Å². The van der Waals surface area contributed by atoms with Gasteiger partial charge in [0.1, 0.15) is 5.75 Å². The van der Waals surface area contributed by atoms with Gasteiger partial charge in [0.25, 0.3) is 11.8 Å². The second kappa shape index (κ2) is 7.91.